The fourth-order valence-corrected chi connectivity index (χ4v) is 1.88. The molecule has 0 spiro atoms. The summed E-state index contributed by atoms with van der Waals surface area (Å²) in [4.78, 5) is 16.1. The normalized spacial score (nSPS) is 11.8. The lowest BCUT2D eigenvalue weighted by atomic mass is 9.96. The lowest BCUT2D eigenvalue weighted by molar-refractivity contribution is -0.142. The first-order valence-corrected chi connectivity index (χ1v) is 5.84. The molecule has 0 aliphatic rings. The molecule has 3 nitrogen and oxygen atoms in total. The summed E-state index contributed by atoms with van der Waals surface area (Å²) in [6, 6.07) is 15.4. The monoisotopic (exact) mass is 241 g/mol. The van der Waals surface area contributed by atoms with Crippen molar-refractivity contribution < 1.29 is 9.53 Å². The second-order valence-corrected chi connectivity index (χ2v) is 4.02. The van der Waals surface area contributed by atoms with Gasteiger partial charge in [-0.1, -0.05) is 36.4 Å². The van der Waals surface area contributed by atoms with Crippen molar-refractivity contribution in [1.82, 2.24) is 4.98 Å². The minimum atomic E-state index is -0.349. The Hall–Kier alpha value is -2.16. The van der Waals surface area contributed by atoms with Gasteiger partial charge in [0, 0.05) is 6.20 Å². The van der Waals surface area contributed by atoms with Gasteiger partial charge in [0.1, 0.15) is 5.92 Å². The second-order valence-electron chi connectivity index (χ2n) is 4.02. The Balaban J connectivity index is 2.24. The Bertz CT molecular complexity index is 496. The Morgan fingerprint density at radius 3 is 2.50 bits per heavy atom. The van der Waals surface area contributed by atoms with Gasteiger partial charge in [0.2, 0.25) is 0 Å². The summed E-state index contributed by atoms with van der Waals surface area (Å²) in [6.07, 6.45) is 2.29. The fourth-order valence-electron chi connectivity index (χ4n) is 1.88. The quantitative estimate of drug-likeness (QED) is 0.772. The predicted octanol–water partition coefficient (Wildman–Crippen LogP) is 2.58. The lowest BCUT2D eigenvalue weighted by Crippen LogP contribution is -2.17. The van der Waals surface area contributed by atoms with E-state index in [1.54, 1.807) is 6.20 Å². The Kier molecular flexibility index (Phi) is 4.07. The van der Waals surface area contributed by atoms with Crippen molar-refractivity contribution >= 4 is 5.97 Å². The average Bonchev–Trinajstić information content (AvgIpc) is 2.46. The first kappa shape index (κ1) is 12.3. The third-order valence-electron chi connectivity index (χ3n) is 2.81. The van der Waals surface area contributed by atoms with Gasteiger partial charge in [-0.2, -0.15) is 0 Å². The van der Waals surface area contributed by atoms with Crippen LogP contribution in [0, 0.1) is 0 Å². The van der Waals surface area contributed by atoms with Crippen molar-refractivity contribution in [2.75, 3.05) is 7.11 Å². The molecule has 0 saturated carbocycles. The van der Waals surface area contributed by atoms with Crippen LogP contribution in [-0.2, 0) is 16.0 Å². The summed E-state index contributed by atoms with van der Waals surface area (Å²) < 4.78 is 4.86. The standard InChI is InChI=1S/C15H15NO2/c1-18-15(17)13(14-9-5-6-10-16-14)11-12-7-3-2-4-8-12/h2-10,13H,11H2,1H3/t13-/m1/s1. The Morgan fingerprint density at radius 1 is 1.17 bits per heavy atom. The van der Waals surface area contributed by atoms with E-state index in [1.165, 1.54) is 7.11 Å². The summed E-state index contributed by atoms with van der Waals surface area (Å²) in [6.45, 7) is 0. The number of benzene rings is 1. The van der Waals surface area contributed by atoms with Crippen LogP contribution in [0.1, 0.15) is 17.2 Å². The van der Waals surface area contributed by atoms with E-state index in [9.17, 15) is 4.79 Å². The number of rotatable bonds is 4. The van der Waals surface area contributed by atoms with Gasteiger partial charge in [-0.05, 0) is 24.1 Å². The van der Waals surface area contributed by atoms with Gasteiger partial charge in [0.25, 0.3) is 0 Å². The number of nitrogens with zero attached hydrogens (tertiary/aromatic N) is 1. The number of ether oxygens (including phenoxy) is 1. The van der Waals surface area contributed by atoms with Gasteiger partial charge in [0.05, 0.1) is 12.8 Å². The molecule has 2 rings (SSSR count). The molecule has 2 aromatic rings. The van der Waals surface area contributed by atoms with Crippen molar-refractivity contribution in [3.63, 3.8) is 0 Å². The maximum absolute atomic E-state index is 11.9. The molecule has 1 heterocycles. The number of hydrogen-bond acceptors (Lipinski definition) is 3. The fraction of sp³-hybridized carbons (Fsp3) is 0.200. The van der Waals surface area contributed by atoms with Crippen molar-refractivity contribution in [3.05, 3.63) is 66.0 Å². The molecule has 1 aromatic heterocycles. The van der Waals surface area contributed by atoms with E-state index >= 15 is 0 Å². The molecule has 0 fully saturated rings. The van der Waals surface area contributed by atoms with E-state index in [2.05, 4.69) is 4.98 Å². The van der Waals surface area contributed by atoms with Crippen LogP contribution in [-0.4, -0.2) is 18.1 Å². The molecule has 1 aromatic carbocycles. The highest BCUT2D eigenvalue weighted by molar-refractivity contribution is 5.77. The van der Waals surface area contributed by atoms with Crippen LogP contribution >= 0.6 is 0 Å². The number of esters is 1. The third kappa shape index (κ3) is 2.94. The van der Waals surface area contributed by atoms with Crippen LogP contribution in [0.25, 0.3) is 0 Å². The number of pyridine rings is 1. The largest absolute Gasteiger partial charge is 0.468 e. The molecule has 92 valence electrons. The van der Waals surface area contributed by atoms with Crippen molar-refractivity contribution in [2.45, 2.75) is 12.3 Å². The van der Waals surface area contributed by atoms with Crippen LogP contribution in [0.5, 0.6) is 0 Å². The molecule has 0 saturated heterocycles. The zero-order chi connectivity index (χ0) is 12.8. The summed E-state index contributed by atoms with van der Waals surface area (Å²) in [7, 11) is 1.41. The summed E-state index contributed by atoms with van der Waals surface area (Å²) in [5.41, 5.74) is 1.84. The van der Waals surface area contributed by atoms with Gasteiger partial charge in [-0.25, -0.2) is 0 Å². The molecule has 0 N–H and O–H groups in total. The zero-order valence-corrected chi connectivity index (χ0v) is 10.2. The van der Waals surface area contributed by atoms with Crippen LogP contribution in [0.4, 0.5) is 0 Å². The van der Waals surface area contributed by atoms with Crippen molar-refractivity contribution in [1.29, 1.82) is 0 Å². The van der Waals surface area contributed by atoms with Crippen molar-refractivity contribution in [3.8, 4) is 0 Å². The second kappa shape index (κ2) is 5.96. The minimum absolute atomic E-state index is 0.252. The van der Waals surface area contributed by atoms with Crippen LogP contribution in [0.2, 0.25) is 0 Å². The Labute approximate surface area is 106 Å². The molecule has 0 unspecified atom stereocenters. The molecule has 3 heteroatoms. The maximum Gasteiger partial charge on any atom is 0.315 e. The van der Waals surface area contributed by atoms with Gasteiger partial charge in [-0.15, -0.1) is 0 Å². The number of carbonyl (C=O) groups excluding carboxylic acids is 1. The molecule has 0 radical (unpaired) electrons. The number of hydrogen-bond donors (Lipinski definition) is 0. The number of carbonyl (C=O) groups is 1. The van der Waals surface area contributed by atoms with E-state index in [0.717, 1.165) is 11.3 Å². The van der Waals surface area contributed by atoms with Gasteiger partial charge in [-0.3, -0.25) is 9.78 Å². The van der Waals surface area contributed by atoms with E-state index in [0.29, 0.717) is 6.42 Å². The summed E-state index contributed by atoms with van der Waals surface area (Å²) in [5.74, 6) is -0.601. The first-order valence-electron chi connectivity index (χ1n) is 5.84. The first-order chi connectivity index (χ1) is 8.81. The van der Waals surface area contributed by atoms with Crippen LogP contribution < -0.4 is 0 Å². The molecule has 18 heavy (non-hydrogen) atoms. The van der Waals surface area contributed by atoms with Crippen LogP contribution in [0.3, 0.4) is 0 Å². The minimum Gasteiger partial charge on any atom is -0.468 e. The van der Waals surface area contributed by atoms with Crippen LogP contribution in [0.15, 0.2) is 54.7 Å². The van der Waals surface area contributed by atoms with Gasteiger partial charge < -0.3 is 4.74 Å². The molecule has 0 aliphatic carbocycles. The topological polar surface area (TPSA) is 39.2 Å². The van der Waals surface area contributed by atoms with E-state index in [4.69, 9.17) is 4.74 Å². The molecular formula is C15H15NO2. The highest BCUT2D eigenvalue weighted by Crippen LogP contribution is 2.20. The summed E-state index contributed by atoms with van der Waals surface area (Å²) in [5, 5.41) is 0. The third-order valence-corrected chi connectivity index (χ3v) is 2.81. The highest BCUT2D eigenvalue weighted by atomic mass is 16.5. The van der Waals surface area contributed by atoms with E-state index in [1.807, 2.05) is 48.5 Å². The van der Waals surface area contributed by atoms with Gasteiger partial charge >= 0.3 is 5.97 Å². The number of aromatic nitrogens is 1. The lowest BCUT2D eigenvalue weighted by Gasteiger charge is -2.14. The zero-order valence-electron chi connectivity index (χ0n) is 10.2. The Morgan fingerprint density at radius 2 is 1.89 bits per heavy atom. The molecular weight excluding hydrogens is 226 g/mol. The molecule has 0 aliphatic heterocycles. The smallest absolute Gasteiger partial charge is 0.315 e. The summed E-state index contributed by atoms with van der Waals surface area (Å²) >= 11 is 0. The molecule has 0 bridgehead atoms. The van der Waals surface area contributed by atoms with Crippen molar-refractivity contribution in [2.24, 2.45) is 0 Å². The SMILES string of the molecule is COC(=O)[C@H](Cc1ccccc1)c1ccccn1. The highest BCUT2D eigenvalue weighted by Gasteiger charge is 2.22. The average molecular weight is 241 g/mol. The van der Waals surface area contributed by atoms with Gasteiger partial charge in [0.15, 0.2) is 0 Å². The van der Waals surface area contributed by atoms with E-state index < -0.39 is 0 Å². The number of methoxy groups -OCH3 is 1. The molecule has 0 amide bonds. The predicted molar refractivity (Wildman–Crippen MR) is 69.1 cm³/mol. The van der Waals surface area contributed by atoms with E-state index in [-0.39, 0.29) is 11.9 Å². The maximum atomic E-state index is 11.9. The molecule has 1 atom stereocenters.